The number of nitrogens with one attached hydrogen (secondary N) is 1. The van der Waals surface area contributed by atoms with Crippen molar-refractivity contribution < 1.29 is 22.7 Å². The Bertz CT molecular complexity index is 1030. The van der Waals surface area contributed by atoms with Gasteiger partial charge in [0, 0.05) is 18.1 Å². The molecule has 1 heterocycles. The first-order valence-corrected chi connectivity index (χ1v) is 8.61. The van der Waals surface area contributed by atoms with Gasteiger partial charge in [0.1, 0.15) is 5.75 Å². The summed E-state index contributed by atoms with van der Waals surface area (Å²) in [6, 6.07) is 13.6. The highest BCUT2D eigenvalue weighted by atomic mass is 19.4. The van der Waals surface area contributed by atoms with E-state index in [2.05, 4.69) is 10.3 Å². The molecule has 0 bridgehead atoms. The lowest BCUT2D eigenvalue weighted by atomic mass is 10.1. The summed E-state index contributed by atoms with van der Waals surface area (Å²) in [5.41, 5.74) is 1.46. The second kappa shape index (κ2) is 8.60. The van der Waals surface area contributed by atoms with Crippen LogP contribution in [0.15, 0.2) is 67.0 Å². The number of carbonyl (C=O) groups excluding carboxylic acids is 1. The summed E-state index contributed by atoms with van der Waals surface area (Å²) in [4.78, 5) is 16.5. The maximum Gasteiger partial charge on any atom is 0.416 e. The van der Waals surface area contributed by atoms with Crippen LogP contribution in [-0.4, -0.2) is 18.0 Å². The van der Waals surface area contributed by atoms with Crippen LogP contribution >= 0.6 is 0 Å². The first-order chi connectivity index (χ1) is 13.9. The summed E-state index contributed by atoms with van der Waals surface area (Å²) >= 11 is 0. The molecule has 0 radical (unpaired) electrons. The predicted molar refractivity (Wildman–Crippen MR) is 106 cm³/mol. The fraction of sp³-hybridized carbons (Fsp3) is 0.0909. The van der Waals surface area contributed by atoms with E-state index in [1.54, 1.807) is 30.6 Å². The van der Waals surface area contributed by atoms with Crippen LogP contribution in [0.4, 0.5) is 18.9 Å². The van der Waals surface area contributed by atoms with Gasteiger partial charge in [0.05, 0.1) is 18.2 Å². The normalized spacial score (nSPS) is 11.4. The van der Waals surface area contributed by atoms with Crippen molar-refractivity contribution in [1.82, 2.24) is 4.98 Å². The third-order valence-electron chi connectivity index (χ3n) is 4.09. The molecule has 3 rings (SSSR count). The molecule has 1 amide bonds. The maximum absolute atomic E-state index is 12.9. The molecule has 0 atom stereocenters. The first-order valence-electron chi connectivity index (χ1n) is 8.61. The molecule has 1 aromatic heterocycles. The van der Waals surface area contributed by atoms with Gasteiger partial charge in [0.2, 0.25) is 0 Å². The van der Waals surface area contributed by atoms with Gasteiger partial charge in [-0.1, -0.05) is 24.3 Å². The Morgan fingerprint density at radius 1 is 1.00 bits per heavy atom. The summed E-state index contributed by atoms with van der Waals surface area (Å²) in [5, 5.41) is 2.69. The number of benzene rings is 2. The van der Waals surface area contributed by atoms with E-state index < -0.39 is 17.6 Å². The van der Waals surface area contributed by atoms with Crippen molar-refractivity contribution in [3.63, 3.8) is 0 Å². The molecule has 4 nitrogen and oxygen atoms in total. The van der Waals surface area contributed by atoms with Gasteiger partial charge in [-0.2, -0.15) is 13.2 Å². The van der Waals surface area contributed by atoms with E-state index in [0.717, 1.165) is 29.3 Å². The molecule has 0 aliphatic rings. The van der Waals surface area contributed by atoms with Crippen LogP contribution in [0.3, 0.4) is 0 Å². The van der Waals surface area contributed by atoms with Crippen molar-refractivity contribution in [2.45, 2.75) is 6.18 Å². The highest BCUT2D eigenvalue weighted by Gasteiger charge is 2.31. The van der Waals surface area contributed by atoms with Crippen LogP contribution in [0.5, 0.6) is 5.75 Å². The third-order valence-corrected chi connectivity index (χ3v) is 4.09. The Hall–Kier alpha value is -3.61. The molecule has 0 fully saturated rings. The Morgan fingerprint density at radius 2 is 1.72 bits per heavy atom. The van der Waals surface area contributed by atoms with E-state index in [-0.39, 0.29) is 11.3 Å². The molecule has 0 aliphatic carbocycles. The minimum atomic E-state index is -4.52. The number of hydrogen-bond donors (Lipinski definition) is 1. The number of aromatic nitrogens is 1. The van der Waals surface area contributed by atoms with E-state index in [0.29, 0.717) is 5.69 Å². The SMILES string of the molecule is COc1cc(C(F)(F)F)ccc1C(=O)Nc1cccc(C=Cc2ccncc2)c1. The van der Waals surface area contributed by atoms with Crippen molar-refractivity contribution in [3.05, 3.63) is 89.2 Å². The maximum atomic E-state index is 12.9. The van der Waals surface area contributed by atoms with Crippen LogP contribution in [0.25, 0.3) is 12.2 Å². The van der Waals surface area contributed by atoms with Crippen molar-refractivity contribution in [2.24, 2.45) is 0 Å². The van der Waals surface area contributed by atoms with Crippen molar-refractivity contribution in [1.29, 1.82) is 0 Å². The van der Waals surface area contributed by atoms with E-state index in [1.165, 1.54) is 7.11 Å². The number of halogens is 3. The van der Waals surface area contributed by atoms with E-state index >= 15 is 0 Å². The summed E-state index contributed by atoms with van der Waals surface area (Å²) in [5.74, 6) is -0.711. The van der Waals surface area contributed by atoms with Crippen LogP contribution in [0, 0.1) is 0 Å². The largest absolute Gasteiger partial charge is 0.496 e. The monoisotopic (exact) mass is 398 g/mol. The number of hydrogen-bond acceptors (Lipinski definition) is 3. The molecule has 3 aromatic rings. The molecule has 0 unspecified atom stereocenters. The first kappa shape index (κ1) is 20.1. The van der Waals surface area contributed by atoms with E-state index in [1.807, 2.05) is 30.4 Å². The van der Waals surface area contributed by atoms with Crippen LogP contribution in [-0.2, 0) is 6.18 Å². The molecule has 7 heteroatoms. The number of pyridine rings is 1. The second-order valence-electron chi connectivity index (χ2n) is 6.11. The number of alkyl halides is 3. The fourth-order valence-corrected chi connectivity index (χ4v) is 2.64. The van der Waals surface area contributed by atoms with Crippen LogP contribution < -0.4 is 10.1 Å². The number of amides is 1. The third kappa shape index (κ3) is 5.22. The zero-order valence-corrected chi connectivity index (χ0v) is 15.4. The van der Waals surface area contributed by atoms with Gasteiger partial charge in [0.25, 0.3) is 5.91 Å². The standard InChI is InChI=1S/C22H17F3N2O2/c1-29-20-14-17(22(23,24)25)7-8-19(20)21(28)27-18-4-2-3-16(13-18)6-5-15-9-11-26-12-10-15/h2-14H,1H3,(H,27,28). The van der Waals surface area contributed by atoms with Gasteiger partial charge < -0.3 is 10.1 Å². The Balaban J connectivity index is 1.78. The highest BCUT2D eigenvalue weighted by Crippen LogP contribution is 2.33. The van der Waals surface area contributed by atoms with Gasteiger partial charge in [-0.25, -0.2) is 0 Å². The lowest BCUT2D eigenvalue weighted by Crippen LogP contribution is -2.14. The number of anilines is 1. The molecule has 0 spiro atoms. The van der Waals surface area contributed by atoms with Gasteiger partial charge in [0.15, 0.2) is 0 Å². The summed E-state index contributed by atoms with van der Waals surface area (Å²) in [7, 11) is 1.22. The van der Waals surface area contributed by atoms with E-state index in [9.17, 15) is 18.0 Å². The lowest BCUT2D eigenvalue weighted by Gasteiger charge is -2.13. The molecule has 0 saturated heterocycles. The minimum Gasteiger partial charge on any atom is -0.496 e. The van der Waals surface area contributed by atoms with Crippen molar-refractivity contribution in [3.8, 4) is 5.75 Å². The quantitative estimate of drug-likeness (QED) is 0.615. The van der Waals surface area contributed by atoms with Gasteiger partial charge in [-0.15, -0.1) is 0 Å². The van der Waals surface area contributed by atoms with Gasteiger partial charge >= 0.3 is 6.18 Å². The summed E-state index contributed by atoms with van der Waals surface area (Å²) in [6.07, 6.45) is 2.64. The summed E-state index contributed by atoms with van der Waals surface area (Å²) < 4.78 is 43.5. The predicted octanol–water partition coefficient (Wildman–Crippen LogP) is 5.53. The number of methoxy groups -OCH3 is 1. The zero-order valence-electron chi connectivity index (χ0n) is 15.4. The Labute approximate surface area is 165 Å². The molecule has 0 aliphatic heterocycles. The highest BCUT2D eigenvalue weighted by molar-refractivity contribution is 6.06. The average Bonchev–Trinajstić information content (AvgIpc) is 2.72. The molecule has 1 N–H and O–H groups in total. The number of rotatable bonds is 5. The topological polar surface area (TPSA) is 51.2 Å². The van der Waals surface area contributed by atoms with Gasteiger partial charge in [-0.05, 0) is 53.6 Å². The molecule has 148 valence electrons. The lowest BCUT2D eigenvalue weighted by molar-refractivity contribution is -0.137. The Kier molecular flexibility index (Phi) is 5.97. The molecule has 0 saturated carbocycles. The molecular weight excluding hydrogens is 381 g/mol. The van der Waals surface area contributed by atoms with Gasteiger partial charge in [-0.3, -0.25) is 9.78 Å². The molecule has 2 aromatic carbocycles. The molecular formula is C22H17F3N2O2. The van der Waals surface area contributed by atoms with E-state index in [4.69, 9.17) is 4.74 Å². The molecule has 29 heavy (non-hydrogen) atoms. The zero-order chi connectivity index (χ0) is 20.9. The van der Waals surface area contributed by atoms with Crippen molar-refractivity contribution >= 4 is 23.7 Å². The van der Waals surface area contributed by atoms with Crippen LogP contribution in [0.1, 0.15) is 27.0 Å². The minimum absolute atomic E-state index is 0.0123. The number of carbonyl (C=O) groups is 1. The van der Waals surface area contributed by atoms with Crippen LogP contribution in [0.2, 0.25) is 0 Å². The summed E-state index contributed by atoms with van der Waals surface area (Å²) in [6.45, 7) is 0. The van der Waals surface area contributed by atoms with Crippen molar-refractivity contribution in [2.75, 3.05) is 12.4 Å². The fourth-order valence-electron chi connectivity index (χ4n) is 2.64. The number of ether oxygens (including phenoxy) is 1. The Morgan fingerprint density at radius 3 is 2.41 bits per heavy atom. The number of nitrogens with zero attached hydrogens (tertiary/aromatic N) is 1. The average molecular weight is 398 g/mol. The smallest absolute Gasteiger partial charge is 0.416 e. The second-order valence-corrected chi connectivity index (χ2v) is 6.11.